The molecule has 18 heavy (non-hydrogen) atoms. The van der Waals surface area contributed by atoms with Crippen molar-refractivity contribution in [2.75, 3.05) is 7.11 Å². The molecule has 0 bridgehead atoms. The van der Waals surface area contributed by atoms with E-state index in [1.807, 2.05) is 24.3 Å². The lowest BCUT2D eigenvalue weighted by molar-refractivity contribution is -0.145. The summed E-state index contributed by atoms with van der Waals surface area (Å²) in [5, 5.41) is 8.90. The van der Waals surface area contributed by atoms with E-state index in [1.165, 1.54) is 6.08 Å². The Morgan fingerprint density at radius 3 is 2.50 bits per heavy atom. The number of hydrogen-bond acceptors (Lipinski definition) is 3. The fraction of sp³-hybridized carbons (Fsp3) is 0.357. The van der Waals surface area contributed by atoms with Crippen LogP contribution in [0.2, 0.25) is 0 Å². The minimum absolute atomic E-state index is 0.346. The van der Waals surface area contributed by atoms with Crippen LogP contribution in [0, 0.1) is 5.92 Å². The minimum Gasteiger partial charge on any atom is -0.497 e. The number of ether oxygens (including phenoxy) is 2. The molecule has 0 saturated carbocycles. The second kappa shape index (κ2) is 6.81. The standard InChI is InChI=1S/C14H18O4/c1-4-13(10(2)14(15)16)18-9-11-5-7-12(17-3)8-6-11/h4-8,10,13H,1,9H2,2-3H3,(H,15,16)/t10-,13+/m1/s1. The average molecular weight is 250 g/mol. The third-order valence-corrected chi connectivity index (χ3v) is 2.72. The summed E-state index contributed by atoms with van der Waals surface area (Å²) >= 11 is 0. The number of benzene rings is 1. The molecular formula is C14H18O4. The molecule has 0 heterocycles. The van der Waals surface area contributed by atoms with Gasteiger partial charge in [-0.15, -0.1) is 6.58 Å². The van der Waals surface area contributed by atoms with Crippen LogP contribution in [0.15, 0.2) is 36.9 Å². The number of rotatable bonds is 7. The van der Waals surface area contributed by atoms with E-state index in [1.54, 1.807) is 14.0 Å². The zero-order valence-electron chi connectivity index (χ0n) is 10.6. The van der Waals surface area contributed by atoms with Gasteiger partial charge in [-0.25, -0.2) is 0 Å². The summed E-state index contributed by atoms with van der Waals surface area (Å²) in [6, 6.07) is 7.43. The topological polar surface area (TPSA) is 55.8 Å². The lowest BCUT2D eigenvalue weighted by Crippen LogP contribution is -2.26. The minimum atomic E-state index is -0.894. The van der Waals surface area contributed by atoms with Gasteiger partial charge in [0.1, 0.15) is 5.75 Å². The Hall–Kier alpha value is -1.81. The summed E-state index contributed by atoms with van der Waals surface area (Å²) in [5.74, 6) is -0.728. The van der Waals surface area contributed by atoms with Crippen LogP contribution in [-0.2, 0) is 16.1 Å². The molecule has 4 heteroatoms. The van der Waals surface area contributed by atoms with E-state index in [2.05, 4.69) is 6.58 Å². The van der Waals surface area contributed by atoms with Crippen molar-refractivity contribution >= 4 is 5.97 Å². The van der Waals surface area contributed by atoms with Crippen LogP contribution < -0.4 is 4.74 Å². The first-order chi connectivity index (χ1) is 8.58. The first kappa shape index (κ1) is 14.3. The van der Waals surface area contributed by atoms with Crippen LogP contribution in [0.1, 0.15) is 12.5 Å². The lowest BCUT2D eigenvalue weighted by atomic mass is 10.1. The highest BCUT2D eigenvalue weighted by Gasteiger charge is 2.21. The summed E-state index contributed by atoms with van der Waals surface area (Å²) < 4.78 is 10.6. The Balaban J connectivity index is 2.56. The first-order valence-electron chi connectivity index (χ1n) is 5.68. The number of methoxy groups -OCH3 is 1. The van der Waals surface area contributed by atoms with Gasteiger partial charge in [-0.05, 0) is 24.6 Å². The van der Waals surface area contributed by atoms with Crippen molar-refractivity contribution in [1.82, 2.24) is 0 Å². The fourth-order valence-electron chi connectivity index (χ4n) is 1.47. The highest BCUT2D eigenvalue weighted by atomic mass is 16.5. The summed E-state index contributed by atoms with van der Waals surface area (Å²) in [5.41, 5.74) is 0.959. The molecule has 0 aliphatic rings. The van der Waals surface area contributed by atoms with Gasteiger partial charge < -0.3 is 14.6 Å². The van der Waals surface area contributed by atoms with Gasteiger partial charge in [0.25, 0.3) is 0 Å². The van der Waals surface area contributed by atoms with Crippen LogP contribution in [0.4, 0.5) is 0 Å². The Bertz CT molecular complexity index is 397. The predicted octanol–water partition coefficient (Wildman–Crippen LogP) is 2.49. The van der Waals surface area contributed by atoms with Gasteiger partial charge in [-0.3, -0.25) is 4.79 Å². The average Bonchev–Trinajstić information content (AvgIpc) is 2.39. The molecule has 4 nitrogen and oxygen atoms in total. The van der Waals surface area contributed by atoms with Gasteiger partial charge >= 0.3 is 5.97 Å². The molecule has 0 spiro atoms. The predicted molar refractivity (Wildman–Crippen MR) is 68.6 cm³/mol. The molecule has 0 saturated heterocycles. The SMILES string of the molecule is C=C[C@H](OCc1ccc(OC)cc1)[C@@H](C)C(=O)O. The van der Waals surface area contributed by atoms with Crippen LogP contribution >= 0.6 is 0 Å². The number of aliphatic carboxylic acids is 1. The first-order valence-corrected chi connectivity index (χ1v) is 5.68. The molecule has 98 valence electrons. The zero-order valence-corrected chi connectivity index (χ0v) is 10.6. The Morgan fingerprint density at radius 2 is 2.06 bits per heavy atom. The van der Waals surface area contributed by atoms with Crippen molar-refractivity contribution in [2.24, 2.45) is 5.92 Å². The maximum absolute atomic E-state index is 10.9. The normalized spacial score (nSPS) is 13.7. The van der Waals surface area contributed by atoms with Crippen LogP contribution in [0.5, 0.6) is 5.75 Å². The maximum atomic E-state index is 10.9. The Labute approximate surface area is 107 Å². The molecule has 0 fully saturated rings. The van der Waals surface area contributed by atoms with Crippen molar-refractivity contribution in [2.45, 2.75) is 19.6 Å². The number of carboxylic acids is 1. The molecule has 0 unspecified atom stereocenters. The second-order valence-electron chi connectivity index (χ2n) is 3.99. The molecule has 0 aliphatic heterocycles. The van der Waals surface area contributed by atoms with Crippen LogP contribution in [0.25, 0.3) is 0 Å². The van der Waals surface area contributed by atoms with Crippen molar-refractivity contribution in [1.29, 1.82) is 0 Å². The molecule has 1 rings (SSSR count). The summed E-state index contributed by atoms with van der Waals surface area (Å²) in [7, 11) is 1.60. The molecule has 0 aliphatic carbocycles. The Morgan fingerprint density at radius 1 is 1.44 bits per heavy atom. The zero-order chi connectivity index (χ0) is 13.5. The third kappa shape index (κ3) is 3.89. The van der Waals surface area contributed by atoms with E-state index >= 15 is 0 Å². The van der Waals surface area contributed by atoms with E-state index in [4.69, 9.17) is 14.6 Å². The molecular weight excluding hydrogens is 232 g/mol. The fourth-order valence-corrected chi connectivity index (χ4v) is 1.47. The smallest absolute Gasteiger partial charge is 0.309 e. The molecule has 0 aromatic heterocycles. The van der Waals surface area contributed by atoms with Crippen molar-refractivity contribution in [3.05, 3.63) is 42.5 Å². The summed E-state index contributed by atoms with van der Waals surface area (Å²) in [4.78, 5) is 10.9. The lowest BCUT2D eigenvalue weighted by Gasteiger charge is -2.17. The van der Waals surface area contributed by atoms with Crippen molar-refractivity contribution < 1.29 is 19.4 Å². The summed E-state index contributed by atoms with van der Waals surface area (Å²) in [6.07, 6.45) is 1.02. The van der Waals surface area contributed by atoms with Gasteiger partial charge in [-0.1, -0.05) is 18.2 Å². The van der Waals surface area contributed by atoms with Crippen LogP contribution in [-0.4, -0.2) is 24.3 Å². The molecule has 0 amide bonds. The Kier molecular flexibility index (Phi) is 5.39. The maximum Gasteiger partial charge on any atom is 0.309 e. The number of hydrogen-bond donors (Lipinski definition) is 1. The molecule has 1 N–H and O–H groups in total. The van der Waals surface area contributed by atoms with E-state index in [9.17, 15) is 4.79 Å². The van der Waals surface area contributed by atoms with E-state index < -0.39 is 18.0 Å². The quantitative estimate of drug-likeness (QED) is 0.755. The van der Waals surface area contributed by atoms with Gasteiger partial charge in [0, 0.05) is 0 Å². The van der Waals surface area contributed by atoms with E-state index in [-0.39, 0.29) is 0 Å². The molecule has 1 aromatic rings. The van der Waals surface area contributed by atoms with Gasteiger partial charge in [0.05, 0.1) is 25.7 Å². The molecule has 2 atom stereocenters. The van der Waals surface area contributed by atoms with Gasteiger partial charge in [-0.2, -0.15) is 0 Å². The van der Waals surface area contributed by atoms with Crippen molar-refractivity contribution in [3.63, 3.8) is 0 Å². The van der Waals surface area contributed by atoms with E-state index in [0.29, 0.717) is 6.61 Å². The van der Waals surface area contributed by atoms with E-state index in [0.717, 1.165) is 11.3 Å². The molecule has 0 radical (unpaired) electrons. The molecule has 1 aromatic carbocycles. The van der Waals surface area contributed by atoms with Crippen LogP contribution in [0.3, 0.4) is 0 Å². The van der Waals surface area contributed by atoms with Gasteiger partial charge in [0.15, 0.2) is 0 Å². The van der Waals surface area contributed by atoms with Gasteiger partial charge in [0.2, 0.25) is 0 Å². The highest BCUT2D eigenvalue weighted by Crippen LogP contribution is 2.15. The largest absolute Gasteiger partial charge is 0.497 e. The number of carboxylic acid groups (broad SMARTS) is 1. The number of carbonyl (C=O) groups is 1. The van der Waals surface area contributed by atoms with Crippen molar-refractivity contribution in [3.8, 4) is 5.75 Å². The summed E-state index contributed by atoms with van der Waals surface area (Å²) in [6.45, 7) is 5.54. The monoisotopic (exact) mass is 250 g/mol. The highest BCUT2D eigenvalue weighted by molar-refractivity contribution is 5.70. The second-order valence-corrected chi connectivity index (χ2v) is 3.99. The third-order valence-electron chi connectivity index (χ3n) is 2.72.